The van der Waals surface area contributed by atoms with Crippen LogP contribution >= 0.6 is 15.9 Å². The van der Waals surface area contributed by atoms with Crippen molar-refractivity contribution >= 4 is 15.9 Å². The van der Waals surface area contributed by atoms with E-state index in [1.165, 1.54) is 5.56 Å². The molecule has 1 aromatic carbocycles. The Bertz CT molecular complexity index is 502. The quantitative estimate of drug-likeness (QED) is 0.938. The molecular weight excluding hydrogens is 280 g/mol. The van der Waals surface area contributed by atoms with Gasteiger partial charge in [-0.05, 0) is 44.7 Å². The summed E-state index contributed by atoms with van der Waals surface area (Å²) in [4.78, 5) is 4.28. The van der Waals surface area contributed by atoms with Gasteiger partial charge in [0.15, 0.2) is 5.76 Å². The van der Waals surface area contributed by atoms with E-state index < -0.39 is 0 Å². The van der Waals surface area contributed by atoms with Gasteiger partial charge in [-0.15, -0.1) is 0 Å². The van der Waals surface area contributed by atoms with Gasteiger partial charge < -0.3 is 9.73 Å². The maximum absolute atomic E-state index is 5.74. The van der Waals surface area contributed by atoms with Crippen LogP contribution < -0.4 is 5.32 Å². The number of halogens is 1. The molecule has 0 bridgehead atoms. The molecule has 0 spiro atoms. The highest BCUT2D eigenvalue weighted by molar-refractivity contribution is 9.10. The first-order valence-corrected chi connectivity index (χ1v) is 6.30. The zero-order valence-corrected chi connectivity index (χ0v) is 11.7. The molecule has 0 saturated heterocycles. The first-order valence-electron chi connectivity index (χ1n) is 5.50. The Morgan fingerprint density at radius 1 is 1.35 bits per heavy atom. The zero-order valence-electron chi connectivity index (χ0n) is 10.1. The molecular formula is C13H15BrN2O. The fourth-order valence-corrected chi connectivity index (χ4v) is 2.23. The van der Waals surface area contributed by atoms with E-state index in [9.17, 15) is 0 Å². The third-order valence-electron chi connectivity index (χ3n) is 2.65. The number of benzene rings is 1. The van der Waals surface area contributed by atoms with Crippen molar-refractivity contribution in [3.63, 3.8) is 0 Å². The van der Waals surface area contributed by atoms with Crippen LogP contribution in [0.5, 0.6) is 0 Å². The molecule has 1 atom stereocenters. The average Bonchev–Trinajstić information content (AvgIpc) is 2.76. The van der Waals surface area contributed by atoms with Crippen LogP contribution in [-0.2, 0) is 0 Å². The summed E-state index contributed by atoms with van der Waals surface area (Å²) in [5.41, 5.74) is 2.23. The van der Waals surface area contributed by atoms with Gasteiger partial charge in [-0.2, -0.15) is 0 Å². The predicted octanol–water partition coefficient (Wildman–Crippen LogP) is 3.69. The lowest BCUT2D eigenvalue weighted by Gasteiger charge is -2.04. The van der Waals surface area contributed by atoms with Crippen molar-refractivity contribution in [3.05, 3.63) is 40.3 Å². The summed E-state index contributed by atoms with van der Waals surface area (Å²) in [6.45, 7) is 4.07. The minimum Gasteiger partial charge on any atom is -0.439 e. The van der Waals surface area contributed by atoms with Crippen molar-refractivity contribution in [1.29, 1.82) is 0 Å². The molecule has 0 saturated carbocycles. The Hall–Kier alpha value is -1.13. The van der Waals surface area contributed by atoms with Gasteiger partial charge in [0.1, 0.15) is 0 Å². The highest BCUT2D eigenvalue weighted by atomic mass is 79.9. The van der Waals surface area contributed by atoms with Crippen LogP contribution in [0.25, 0.3) is 11.3 Å². The van der Waals surface area contributed by atoms with E-state index in [2.05, 4.69) is 45.3 Å². The number of nitrogens with one attached hydrogen (secondary N) is 1. The summed E-state index contributed by atoms with van der Waals surface area (Å²) in [5.74, 6) is 1.51. The van der Waals surface area contributed by atoms with Crippen LogP contribution in [0.3, 0.4) is 0 Å². The average molecular weight is 295 g/mol. The second-order valence-corrected chi connectivity index (χ2v) is 5.01. The van der Waals surface area contributed by atoms with Gasteiger partial charge in [0.05, 0.1) is 12.2 Å². The van der Waals surface area contributed by atoms with Crippen molar-refractivity contribution in [2.24, 2.45) is 0 Å². The molecule has 0 amide bonds. The normalized spacial score (nSPS) is 12.7. The Labute approximate surface area is 109 Å². The van der Waals surface area contributed by atoms with Crippen LogP contribution in [-0.4, -0.2) is 12.0 Å². The van der Waals surface area contributed by atoms with E-state index in [0.29, 0.717) is 5.89 Å². The number of aryl methyl sites for hydroxylation is 1. The van der Waals surface area contributed by atoms with E-state index in [0.717, 1.165) is 15.8 Å². The van der Waals surface area contributed by atoms with Gasteiger partial charge in [0.2, 0.25) is 5.89 Å². The Kier molecular flexibility index (Phi) is 3.64. The topological polar surface area (TPSA) is 38.1 Å². The van der Waals surface area contributed by atoms with Gasteiger partial charge in [-0.25, -0.2) is 4.98 Å². The molecule has 2 rings (SSSR count). The Morgan fingerprint density at radius 3 is 2.76 bits per heavy atom. The van der Waals surface area contributed by atoms with Crippen LogP contribution in [0.15, 0.2) is 33.3 Å². The van der Waals surface area contributed by atoms with Crippen molar-refractivity contribution in [2.75, 3.05) is 7.05 Å². The Balaban J connectivity index is 2.36. The van der Waals surface area contributed by atoms with E-state index >= 15 is 0 Å². The molecule has 1 heterocycles. The third kappa shape index (κ3) is 2.76. The number of hydrogen-bond acceptors (Lipinski definition) is 3. The van der Waals surface area contributed by atoms with E-state index in [1.807, 2.05) is 20.0 Å². The smallest absolute Gasteiger partial charge is 0.211 e. The molecule has 1 unspecified atom stereocenters. The molecule has 1 N–H and O–H groups in total. The van der Waals surface area contributed by atoms with Crippen molar-refractivity contribution in [1.82, 2.24) is 10.3 Å². The molecule has 0 aliphatic heterocycles. The van der Waals surface area contributed by atoms with Gasteiger partial charge in [-0.3, -0.25) is 0 Å². The number of aromatic nitrogens is 1. The molecule has 0 fully saturated rings. The van der Waals surface area contributed by atoms with Crippen LogP contribution in [0.4, 0.5) is 0 Å². The predicted molar refractivity (Wildman–Crippen MR) is 71.9 cm³/mol. The molecule has 0 aliphatic rings. The minimum absolute atomic E-state index is 0.122. The van der Waals surface area contributed by atoms with E-state index in [4.69, 9.17) is 4.42 Å². The highest BCUT2D eigenvalue weighted by Crippen LogP contribution is 2.26. The van der Waals surface area contributed by atoms with Crippen LogP contribution in [0, 0.1) is 6.92 Å². The summed E-state index contributed by atoms with van der Waals surface area (Å²) in [6, 6.07) is 6.30. The van der Waals surface area contributed by atoms with Crippen molar-refractivity contribution in [3.8, 4) is 11.3 Å². The molecule has 4 heteroatoms. The second kappa shape index (κ2) is 5.02. The first kappa shape index (κ1) is 12.3. The fraction of sp³-hybridized carbons (Fsp3) is 0.308. The number of rotatable bonds is 3. The minimum atomic E-state index is 0.122. The van der Waals surface area contributed by atoms with E-state index in [1.54, 1.807) is 6.20 Å². The number of nitrogens with zero attached hydrogens (tertiary/aromatic N) is 1. The lowest BCUT2D eigenvalue weighted by Crippen LogP contribution is -2.12. The summed E-state index contributed by atoms with van der Waals surface area (Å²) in [5, 5.41) is 3.10. The Morgan fingerprint density at radius 2 is 2.12 bits per heavy atom. The summed E-state index contributed by atoms with van der Waals surface area (Å²) >= 11 is 3.49. The maximum Gasteiger partial charge on any atom is 0.211 e. The highest BCUT2D eigenvalue weighted by Gasteiger charge is 2.11. The fourth-order valence-electron chi connectivity index (χ4n) is 1.62. The van der Waals surface area contributed by atoms with Crippen molar-refractivity contribution in [2.45, 2.75) is 19.9 Å². The molecule has 1 aromatic heterocycles. The molecule has 2 aromatic rings. The summed E-state index contributed by atoms with van der Waals surface area (Å²) in [6.07, 6.45) is 1.77. The largest absolute Gasteiger partial charge is 0.439 e. The lowest BCUT2D eigenvalue weighted by molar-refractivity contribution is 0.441. The van der Waals surface area contributed by atoms with Gasteiger partial charge in [0, 0.05) is 10.0 Å². The number of oxazole rings is 1. The second-order valence-electron chi connectivity index (χ2n) is 4.09. The number of hydrogen-bond donors (Lipinski definition) is 1. The molecule has 0 aliphatic carbocycles. The monoisotopic (exact) mass is 294 g/mol. The van der Waals surface area contributed by atoms with Gasteiger partial charge in [-0.1, -0.05) is 15.9 Å². The van der Waals surface area contributed by atoms with E-state index in [-0.39, 0.29) is 6.04 Å². The molecule has 17 heavy (non-hydrogen) atoms. The SMILES string of the molecule is CNC(C)c1ncc(-c2cc(C)cc(Br)c2)o1. The van der Waals surface area contributed by atoms with Crippen molar-refractivity contribution < 1.29 is 4.42 Å². The molecule has 90 valence electrons. The van der Waals surface area contributed by atoms with Crippen LogP contribution in [0.1, 0.15) is 24.4 Å². The first-order chi connectivity index (χ1) is 8.10. The molecule has 3 nitrogen and oxygen atoms in total. The maximum atomic E-state index is 5.74. The lowest BCUT2D eigenvalue weighted by atomic mass is 10.1. The van der Waals surface area contributed by atoms with Gasteiger partial charge >= 0.3 is 0 Å². The molecule has 0 radical (unpaired) electrons. The zero-order chi connectivity index (χ0) is 12.4. The standard InChI is InChI=1S/C13H15BrN2O/c1-8-4-10(6-11(14)5-8)12-7-16-13(17-12)9(2)15-3/h4-7,9,15H,1-3H3. The van der Waals surface area contributed by atoms with Crippen LogP contribution in [0.2, 0.25) is 0 Å². The summed E-state index contributed by atoms with van der Waals surface area (Å²) < 4.78 is 6.79. The third-order valence-corrected chi connectivity index (χ3v) is 3.11. The summed E-state index contributed by atoms with van der Waals surface area (Å²) in [7, 11) is 1.89. The van der Waals surface area contributed by atoms with Gasteiger partial charge in [0.25, 0.3) is 0 Å².